The zero-order valence-electron chi connectivity index (χ0n) is 14.6. The summed E-state index contributed by atoms with van der Waals surface area (Å²) in [5, 5.41) is 8.24. The summed E-state index contributed by atoms with van der Waals surface area (Å²) in [6.45, 7) is 3.56. The number of ether oxygens (including phenoxy) is 1. The zero-order chi connectivity index (χ0) is 17.2. The van der Waals surface area contributed by atoms with E-state index in [1.54, 1.807) is 12.4 Å². The normalized spacial score (nSPS) is 16.3. The van der Waals surface area contributed by atoms with Gasteiger partial charge in [-0.05, 0) is 36.6 Å². The van der Waals surface area contributed by atoms with Crippen LogP contribution < -0.4 is 10.1 Å². The molecule has 0 saturated heterocycles. The number of pyridine rings is 1. The molecule has 0 spiro atoms. The monoisotopic (exact) mass is 334 g/mol. The first kappa shape index (κ1) is 15.8. The molecular weight excluding hydrogens is 312 g/mol. The Morgan fingerprint density at radius 2 is 2.08 bits per heavy atom. The molecule has 1 N–H and O–H groups in total. The Hall–Kier alpha value is -2.66. The van der Waals surface area contributed by atoms with Crippen LogP contribution in [0.15, 0.2) is 48.9 Å². The molecule has 0 radical (unpaired) electrons. The van der Waals surface area contributed by atoms with Gasteiger partial charge in [0.25, 0.3) is 0 Å². The molecule has 0 unspecified atom stereocenters. The Balaban J connectivity index is 1.48. The molecule has 1 atom stereocenters. The van der Waals surface area contributed by atoms with Crippen LogP contribution in [-0.2, 0) is 20.0 Å². The Morgan fingerprint density at radius 3 is 2.92 bits per heavy atom. The van der Waals surface area contributed by atoms with Gasteiger partial charge in [-0.3, -0.25) is 9.67 Å². The van der Waals surface area contributed by atoms with E-state index in [0.717, 1.165) is 30.0 Å². The predicted molar refractivity (Wildman–Crippen MR) is 97.4 cm³/mol. The highest BCUT2D eigenvalue weighted by molar-refractivity contribution is 5.61. The molecule has 0 bridgehead atoms. The number of hydrogen-bond donors (Lipinski definition) is 1. The molecule has 3 aromatic rings. The summed E-state index contributed by atoms with van der Waals surface area (Å²) in [5.74, 6) is 1.06. The average molecular weight is 334 g/mol. The fraction of sp³-hybridized carbons (Fsp3) is 0.300. The van der Waals surface area contributed by atoms with Crippen molar-refractivity contribution in [3.8, 4) is 17.0 Å². The summed E-state index contributed by atoms with van der Waals surface area (Å²) in [5.41, 5.74) is 5.77. The van der Waals surface area contributed by atoms with Crippen LogP contribution in [0.25, 0.3) is 11.3 Å². The smallest absolute Gasteiger partial charge is 0.125 e. The van der Waals surface area contributed by atoms with E-state index in [1.165, 1.54) is 16.7 Å². The van der Waals surface area contributed by atoms with Crippen molar-refractivity contribution in [2.75, 3.05) is 6.61 Å². The lowest BCUT2D eigenvalue weighted by atomic mass is 9.99. The number of nitrogens with one attached hydrogen (secondary N) is 1. The molecular formula is C20H22N4O. The SMILES string of the molecule is Cc1cccc2c1OC[C@H](NCc1cn(C)nc1-c1ccncc1)C2. The van der Waals surface area contributed by atoms with Gasteiger partial charge in [-0.25, -0.2) is 0 Å². The first-order valence-corrected chi connectivity index (χ1v) is 8.58. The number of benzene rings is 1. The highest BCUT2D eigenvalue weighted by atomic mass is 16.5. The largest absolute Gasteiger partial charge is 0.491 e. The summed E-state index contributed by atoms with van der Waals surface area (Å²) >= 11 is 0. The summed E-state index contributed by atoms with van der Waals surface area (Å²) < 4.78 is 7.85. The van der Waals surface area contributed by atoms with Gasteiger partial charge in [0.1, 0.15) is 12.4 Å². The summed E-state index contributed by atoms with van der Waals surface area (Å²) in [7, 11) is 1.96. The van der Waals surface area contributed by atoms with E-state index in [4.69, 9.17) is 4.74 Å². The predicted octanol–water partition coefficient (Wildman–Crippen LogP) is 2.88. The van der Waals surface area contributed by atoms with Gasteiger partial charge in [0.15, 0.2) is 0 Å². The van der Waals surface area contributed by atoms with Gasteiger partial charge < -0.3 is 10.1 Å². The maximum absolute atomic E-state index is 5.98. The summed E-state index contributed by atoms with van der Waals surface area (Å²) in [6, 6.07) is 10.7. The molecule has 0 amide bonds. The molecule has 1 aliphatic heterocycles. The lowest BCUT2D eigenvalue weighted by Gasteiger charge is -2.27. The lowest BCUT2D eigenvalue weighted by molar-refractivity contribution is 0.236. The van der Waals surface area contributed by atoms with Crippen molar-refractivity contribution in [3.05, 3.63) is 65.6 Å². The minimum absolute atomic E-state index is 0.305. The number of para-hydroxylation sites is 1. The second-order valence-electron chi connectivity index (χ2n) is 6.57. The third kappa shape index (κ3) is 3.28. The van der Waals surface area contributed by atoms with Crippen LogP contribution in [0.5, 0.6) is 5.75 Å². The van der Waals surface area contributed by atoms with Gasteiger partial charge in [-0.15, -0.1) is 0 Å². The molecule has 3 heterocycles. The van der Waals surface area contributed by atoms with Crippen molar-refractivity contribution in [2.45, 2.75) is 25.9 Å². The van der Waals surface area contributed by atoms with E-state index in [0.29, 0.717) is 12.6 Å². The first-order valence-electron chi connectivity index (χ1n) is 8.58. The summed E-state index contributed by atoms with van der Waals surface area (Å²) in [6.07, 6.45) is 6.66. The molecule has 0 fully saturated rings. The lowest BCUT2D eigenvalue weighted by Crippen LogP contribution is -2.39. The quantitative estimate of drug-likeness (QED) is 0.797. The zero-order valence-corrected chi connectivity index (χ0v) is 14.6. The number of hydrogen-bond acceptors (Lipinski definition) is 4. The number of aromatic nitrogens is 3. The molecule has 1 aromatic carbocycles. The number of aryl methyl sites for hydroxylation is 2. The fourth-order valence-electron chi connectivity index (χ4n) is 3.39. The highest BCUT2D eigenvalue weighted by Gasteiger charge is 2.21. The molecule has 25 heavy (non-hydrogen) atoms. The van der Waals surface area contributed by atoms with Crippen molar-refractivity contribution < 1.29 is 4.74 Å². The molecule has 5 nitrogen and oxygen atoms in total. The third-order valence-corrected chi connectivity index (χ3v) is 4.63. The van der Waals surface area contributed by atoms with Gasteiger partial charge in [0.05, 0.1) is 5.69 Å². The minimum atomic E-state index is 0.305. The maximum Gasteiger partial charge on any atom is 0.125 e. The fourth-order valence-corrected chi connectivity index (χ4v) is 3.39. The van der Waals surface area contributed by atoms with Gasteiger partial charge in [0.2, 0.25) is 0 Å². The first-order chi connectivity index (χ1) is 12.2. The van der Waals surface area contributed by atoms with Gasteiger partial charge in [-0.1, -0.05) is 18.2 Å². The van der Waals surface area contributed by atoms with Gasteiger partial charge in [-0.2, -0.15) is 5.10 Å². The molecule has 0 aliphatic carbocycles. The average Bonchev–Trinajstić information content (AvgIpc) is 3.01. The second-order valence-corrected chi connectivity index (χ2v) is 6.57. The Labute approximate surface area is 147 Å². The Bertz CT molecular complexity index is 873. The molecule has 1 aliphatic rings. The molecule has 0 saturated carbocycles. The Morgan fingerprint density at radius 1 is 1.24 bits per heavy atom. The van der Waals surface area contributed by atoms with Crippen molar-refractivity contribution in [1.82, 2.24) is 20.1 Å². The van der Waals surface area contributed by atoms with E-state index < -0.39 is 0 Å². The van der Waals surface area contributed by atoms with E-state index >= 15 is 0 Å². The topological polar surface area (TPSA) is 52.0 Å². The van der Waals surface area contributed by atoms with Gasteiger partial charge in [0, 0.05) is 49.4 Å². The van der Waals surface area contributed by atoms with Crippen LogP contribution in [-0.4, -0.2) is 27.4 Å². The number of rotatable bonds is 4. The van der Waals surface area contributed by atoms with Crippen molar-refractivity contribution >= 4 is 0 Å². The van der Waals surface area contributed by atoms with Crippen LogP contribution in [0.3, 0.4) is 0 Å². The number of nitrogens with zero attached hydrogens (tertiary/aromatic N) is 3. The highest BCUT2D eigenvalue weighted by Crippen LogP contribution is 2.28. The van der Waals surface area contributed by atoms with Crippen molar-refractivity contribution in [2.24, 2.45) is 7.05 Å². The molecule has 128 valence electrons. The van der Waals surface area contributed by atoms with Crippen LogP contribution in [0.1, 0.15) is 16.7 Å². The van der Waals surface area contributed by atoms with E-state index in [9.17, 15) is 0 Å². The van der Waals surface area contributed by atoms with Crippen LogP contribution >= 0.6 is 0 Å². The van der Waals surface area contributed by atoms with Crippen LogP contribution in [0, 0.1) is 6.92 Å². The van der Waals surface area contributed by atoms with Crippen molar-refractivity contribution in [1.29, 1.82) is 0 Å². The standard InChI is InChI=1S/C20H22N4O/c1-14-4-3-5-16-10-18(13-25-20(14)16)22-11-17-12-24(2)23-19(17)15-6-8-21-9-7-15/h3-9,12,18,22H,10-11,13H2,1-2H3/t18-/m1/s1. The molecule has 2 aromatic heterocycles. The van der Waals surface area contributed by atoms with Gasteiger partial charge >= 0.3 is 0 Å². The third-order valence-electron chi connectivity index (χ3n) is 4.63. The van der Waals surface area contributed by atoms with E-state index in [2.05, 4.69) is 46.7 Å². The van der Waals surface area contributed by atoms with Crippen molar-refractivity contribution in [3.63, 3.8) is 0 Å². The second kappa shape index (κ2) is 6.69. The molecule has 4 rings (SSSR count). The molecule has 5 heteroatoms. The van der Waals surface area contributed by atoms with Crippen LogP contribution in [0.4, 0.5) is 0 Å². The van der Waals surface area contributed by atoms with E-state index in [1.807, 2.05) is 23.9 Å². The number of fused-ring (bicyclic) bond motifs is 1. The Kier molecular flexibility index (Phi) is 4.24. The minimum Gasteiger partial charge on any atom is -0.491 e. The maximum atomic E-state index is 5.98. The van der Waals surface area contributed by atoms with E-state index in [-0.39, 0.29) is 0 Å². The summed E-state index contributed by atoms with van der Waals surface area (Å²) in [4.78, 5) is 4.09. The van der Waals surface area contributed by atoms with Crippen LogP contribution in [0.2, 0.25) is 0 Å².